The number of rotatable bonds is 5. The second-order valence-corrected chi connectivity index (χ2v) is 6.82. The smallest absolute Gasteiger partial charge is 0.175 e. The largest absolute Gasteiger partial charge is 0.377 e. The maximum Gasteiger partial charge on any atom is 0.175 e. The van der Waals surface area contributed by atoms with Crippen molar-refractivity contribution in [3.8, 4) is 0 Å². The van der Waals surface area contributed by atoms with Crippen LogP contribution in [-0.2, 0) is 22.9 Å². The normalized spacial score (nSPS) is 11.6. The van der Waals surface area contributed by atoms with Gasteiger partial charge in [0.25, 0.3) is 0 Å². The van der Waals surface area contributed by atoms with Gasteiger partial charge in [-0.05, 0) is 25.1 Å². The van der Waals surface area contributed by atoms with Crippen molar-refractivity contribution >= 4 is 27.1 Å². The molecule has 108 valence electrons. The first-order valence-electron chi connectivity index (χ1n) is 6.15. The van der Waals surface area contributed by atoms with Crippen molar-refractivity contribution in [1.82, 2.24) is 9.55 Å². The average Bonchev–Trinajstić information content (AvgIpc) is 2.83. The van der Waals surface area contributed by atoms with E-state index in [2.05, 4.69) is 10.3 Å². The molecular weight excluding hydrogens is 298 g/mol. The summed E-state index contributed by atoms with van der Waals surface area (Å²) < 4.78 is 25.1. The van der Waals surface area contributed by atoms with Gasteiger partial charge in [-0.25, -0.2) is 13.4 Å². The van der Waals surface area contributed by atoms with Gasteiger partial charge in [0.1, 0.15) is 5.82 Å². The van der Waals surface area contributed by atoms with E-state index < -0.39 is 9.84 Å². The minimum Gasteiger partial charge on any atom is -0.377 e. The van der Waals surface area contributed by atoms with Gasteiger partial charge in [-0.2, -0.15) is 0 Å². The first-order chi connectivity index (χ1) is 9.41. The Kier molecular flexibility index (Phi) is 4.35. The lowest BCUT2D eigenvalue weighted by Crippen LogP contribution is -2.08. The SMILES string of the molecule is CCn1ccnc1CNc1cc(S(C)(=O)=O)ccc1Cl. The van der Waals surface area contributed by atoms with Gasteiger partial charge < -0.3 is 9.88 Å². The van der Waals surface area contributed by atoms with Gasteiger partial charge in [0, 0.05) is 25.2 Å². The van der Waals surface area contributed by atoms with Crippen LogP contribution in [0.2, 0.25) is 5.02 Å². The minimum absolute atomic E-state index is 0.239. The Bertz CT molecular complexity index is 710. The van der Waals surface area contributed by atoms with E-state index in [4.69, 9.17) is 11.6 Å². The first-order valence-corrected chi connectivity index (χ1v) is 8.42. The molecule has 0 saturated carbocycles. The van der Waals surface area contributed by atoms with E-state index in [1.807, 2.05) is 17.7 Å². The Labute approximate surface area is 123 Å². The van der Waals surface area contributed by atoms with Gasteiger partial charge in [0.05, 0.1) is 22.2 Å². The topological polar surface area (TPSA) is 64.0 Å². The standard InChI is InChI=1S/C13H16ClN3O2S/c1-3-17-7-6-15-13(17)9-16-12-8-10(20(2,18)19)4-5-11(12)14/h4-8,16H,3,9H2,1-2H3. The third-order valence-corrected chi connectivity index (χ3v) is 4.39. The molecule has 0 bridgehead atoms. The molecule has 2 aromatic rings. The summed E-state index contributed by atoms with van der Waals surface area (Å²) in [5.74, 6) is 0.869. The van der Waals surface area contributed by atoms with Crippen LogP contribution in [0.3, 0.4) is 0 Å². The van der Waals surface area contributed by atoms with Gasteiger partial charge >= 0.3 is 0 Å². The van der Waals surface area contributed by atoms with E-state index in [-0.39, 0.29) is 4.90 Å². The number of imidazole rings is 1. The highest BCUT2D eigenvalue weighted by Crippen LogP contribution is 2.25. The molecule has 0 atom stereocenters. The molecule has 0 spiro atoms. The third kappa shape index (κ3) is 3.32. The Morgan fingerprint density at radius 3 is 2.80 bits per heavy atom. The summed E-state index contributed by atoms with van der Waals surface area (Å²) in [5.41, 5.74) is 0.584. The lowest BCUT2D eigenvalue weighted by Gasteiger charge is -2.10. The second kappa shape index (κ2) is 5.85. The van der Waals surface area contributed by atoms with Crippen molar-refractivity contribution in [2.24, 2.45) is 0 Å². The maximum atomic E-state index is 11.5. The molecule has 20 heavy (non-hydrogen) atoms. The zero-order valence-corrected chi connectivity index (χ0v) is 12.9. The molecule has 5 nitrogen and oxygen atoms in total. The molecule has 0 aliphatic rings. The van der Waals surface area contributed by atoms with Crippen molar-refractivity contribution in [3.05, 3.63) is 41.4 Å². The molecule has 1 heterocycles. The van der Waals surface area contributed by atoms with Crippen LogP contribution < -0.4 is 5.32 Å². The molecule has 7 heteroatoms. The lowest BCUT2D eigenvalue weighted by atomic mass is 10.3. The Balaban J connectivity index is 2.21. The number of nitrogens with one attached hydrogen (secondary N) is 1. The number of hydrogen-bond acceptors (Lipinski definition) is 4. The minimum atomic E-state index is -3.25. The van der Waals surface area contributed by atoms with Gasteiger partial charge in [0.2, 0.25) is 0 Å². The molecule has 1 N–H and O–H groups in total. The summed E-state index contributed by atoms with van der Waals surface area (Å²) in [6.07, 6.45) is 4.80. The van der Waals surface area contributed by atoms with Gasteiger partial charge in [-0.1, -0.05) is 11.6 Å². The Morgan fingerprint density at radius 2 is 2.15 bits per heavy atom. The van der Waals surface area contributed by atoms with E-state index in [0.29, 0.717) is 17.3 Å². The molecule has 0 aliphatic carbocycles. The zero-order valence-electron chi connectivity index (χ0n) is 11.3. The molecule has 1 aromatic heterocycles. The summed E-state index contributed by atoms with van der Waals surface area (Å²) in [7, 11) is -3.25. The van der Waals surface area contributed by atoms with Crippen LogP contribution in [0.5, 0.6) is 0 Å². The number of hydrogen-bond donors (Lipinski definition) is 1. The van der Waals surface area contributed by atoms with Crippen LogP contribution in [0.1, 0.15) is 12.7 Å². The maximum absolute atomic E-state index is 11.5. The molecule has 0 amide bonds. The number of aromatic nitrogens is 2. The van der Waals surface area contributed by atoms with Crippen LogP contribution >= 0.6 is 11.6 Å². The number of halogens is 1. The van der Waals surface area contributed by atoms with Crippen molar-refractivity contribution in [2.45, 2.75) is 24.9 Å². The van der Waals surface area contributed by atoms with Crippen molar-refractivity contribution in [2.75, 3.05) is 11.6 Å². The molecular formula is C13H16ClN3O2S. The van der Waals surface area contributed by atoms with Gasteiger partial charge in [0.15, 0.2) is 9.84 Å². The zero-order chi connectivity index (χ0) is 14.8. The van der Waals surface area contributed by atoms with Crippen LogP contribution in [0, 0.1) is 0 Å². The van der Waals surface area contributed by atoms with E-state index in [1.165, 1.54) is 18.4 Å². The molecule has 0 unspecified atom stereocenters. The quantitative estimate of drug-likeness (QED) is 0.921. The summed E-state index contributed by atoms with van der Waals surface area (Å²) in [6, 6.07) is 4.61. The Hall–Kier alpha value is -1.53. The van der Waals surface area contributed by atoms with E-state index >= 15 is 0 Å². The molecule has 2 rings (SSSR count). The predicted octanol–water partition coefficient (Wildman–Crippen LogP) is 2.57. The van der Waals surface area contributed by atoms with Gasteiger partial charge in [-0.3, -0.25) is 0 Å². The summed E-state index contributed by atoms with van der Waals surface area (Å²) >= 11 is 6.08. The molecule has 0 fully saturated rings. The first kappa shape index (κ1) is 14.9. The molecule has 1 aromatic carbocycles. The highest BCUT2D eigenvalue weighted by Gasteiger charge is 2.10. The summed E-state index contributed by atoms with van der Waals surface area (Å²) in [6.45, 7) is 3.34. The van der Waals surface area contributed by atoms with Crippen LogP contribution in [0.25, 0.3) is 0 Å². The fourth-order valence-corrected chi connectivity index (χ4v) is 2.67. The van der Waals surface area contributed by atoms with Crippen LogP contribution in [0.4, 0.5) is 5.69 Å². The fourth-order valence-electron chi connectivity index (χ4n) is 1.84. The van der Waals surface area contributed by atoms with Crippen molar-refractivity contribution in [3.63, 3.8) is 0 Å². The summed E-state index contributed by atoms with van der Waals surface area (Å²) in [5, 5.41) is 3.60. The second-order valence-electron chi connectivity index (χ2n) is 4.40. The lowest BCUT2D eigenvalue weighted by molar-refractivity contribution is 0.602. The summed E-state index contributed by atoms with van der Waals surface area (Å²) in [4.78, 5) is 4.48. The molecule has 0 aliphatic heterocycles. The number of benzene rings is 1. The number of aryl methyl sites for hydroxylation is 1. The number of nitrogens with zero attached hydrogens (tertiary/aromatic N) is 2. The van der Waals surface area contributed by atoms with E-state index in [1.54, 1.807) is 12.3 Å². The highest BCUT2D eigenvalue weighted by molar-refractivity contribution is 7.90. The third-order valence-electron chi connectivity index (χ3n) is 2.95. The molecule has 0 radical (unpaired) electrons. The fraction of sp³-hybridized carbons (Fsp3) is 0.308. The molecule has 0 saturated heterocycles. The predicted molar refractivity (Wildman–Crippen MR) is 79.8 cm³/mol. The van der Waals surface area contributed by atoms with Crippen molar-refractivity contribution in [1.29, 1.82) is 0 Å². The monoisotopic (exact) mass is 313 g/mol. The van der Waals surface area contributed by atoms with Crippen LogP contribution in [0.15, 0.2) is 35.5 Å². The van der Waals surface area contributed by atoms with E-state index in [0.717, 1.165) is 12.4 Å². The van der Waals surface area contributed by atoms with Crippen LogP contribution in [-0.4, -0.2) is 24.2 Å². The van der Waals surface area contributed by atoms with Crippen molar-refractivity contribution < 1.29 is 8.42 Å². The number of sulfone groups is 1. The Morgan fingerprint density at radius 1 is 1.40 bits per heavy atom. The average molecular weight is 314 g/mol. The number of anilines is 1. The van der Waals surface area contributed by atoms with E-state index in [9.17, 15) is 8.42 Å². The van der Waals surface area contributed by atoms with Gasteiger partial charge in [-0.15, -0.1) is 0 Å². The highest BCUT2D eigenvalue weighted by atomic mass is 35.5.